The Kier molecular flexibility index (Phi) is 3.47. The monoisotopic (exact) mass is 231 g/mol. The van der Waals surface area contributed by atoms with E-state index in [1.54, 1.807) is 0 Å². The molecule has 0 bridgehead atoms. The molecular formula is C12H13N3S. The lowest BCUT2D eigenvalue weighted by molar-refractivity contribution is 1.12. The topological polar surface area (TPSA) is 48.2 Å². The molecule has 0 radical (unpaired) electrons. The molecule has 1 N–H and O–H groups in total. The van der Waals surface area contributed by atoms with Crippen molar-refractivity contribution in [1.82, 2.24) is 5.32 Å². The molecule has 0 atom stereocenters. The van der Waals surface area contributed by atoms with Crippen LogP contribution in [0.3, 0.4) is 0 Å². The fourth-order valence-corrected chi connectivity index (χ4v) is 1.95. The summed E-state index contributed by atoms with van der Waals surface area (Å²) >= 11 is 1.45. The number of benzene rings is 1. The van der Waals surface area contributed by atoms with Crippen LogP contribution in [0.15, 0.2) is 29.3 Å². The predicted octanol–water partition coefficient (Wildman–Crippen LogP) is 2.99. The summed E-state index contributed by atoms with van der Waals surface area (Å²) in [5.74, 6) is 0.671. The van der Waals surface area contributed by atoms with Gasteiger partial charge >= 0.3 is 0 Å². The Bertz CT molecular complexity index is 444. The first-order valence-electron chi connectivity index (χ1n) is 5.22. The van der Waals surface area contributed by atoms with Crippen molar-refractivity contribution in [2.24, 2.45) is 4.99 Å². The van der Waals surface area contributed by atoms with E-state index in [1.807, 2.05) is 30.6 Å². The van der Waals surface area contributed by atoms with E-state index < -0.39 is 0 Å². The van der Waals surface area contributed by atoms with Crippen LogP contribution in [0.25, 0.3) is 0 Å². The summed E-state index contributed by atoms with van der Waals surface area (Å²) in [6.45, 7) is 0. The lowest BCUT2D eigenvalue weighted by Gasteiger charge is -2.05. The number of nitriles is 1. The van der Waals surface area contributed by atoms with Crippen LogP contribution < -0.4 is 5.32 Å². The number of hydrogen-bond acceptors (Lipinski definition) is 3. The van der Waals surface area contributed by atoms with Gasteiger partial charge in [-0.2, -0.15) is 5.26 Å². The standard InChI is InChI=1S/C12H13N3S/c1-16-12(14-8-13)15-11-5-3-2-4-10(11)9-6-7-9/h2-5,9H,6-7H2,1H3,(H,14,15). The summed E-state index contributed by atoms with van der Waals surface area (Å²) in [4.78, 5) is 4.47. The van der Waals surface area contributed by atoms with E-state index in [9.17, 15) is 0 Å². The predicted molar refractivity (Wildman–Crippen MR) is 67.8 cm³/mol. The van der Waals surface area contributed by atoms with Gasteiger partial charge in [-0.3, -0.25) is 5.32 Å². The molecule has 0 aliphatic heterocycles. The average Bonchev–Trinajstić information content (AvgIpc) is 3.13. The van der Waals surface area contributed by atoms with Gasteiger partial charge in [-0.15, -0.1) is 0 Å². The minimum atomic E-state index is 0.649. The minimum absolute atomic E-state index is 0.649. The zero-order chi connectivity index (χ0) is 11.4. The molecule has 0 amide bonds. The second kappa shape index (κ2) is 5.04. The first-order chi connectivity index (χ1) is 7.85. The van der Waals surface area contributed by atoms with Gasteiger partial charge in [0.15, 0.2) is 11.4 Å². The maximum absolute atomic E-state index is 8.58. The Morgan fingerprint density at radius 1 is 1.50 bits per heavy atom. The Hall–Kier alpha value is -1.47. The van der Waals surface area contributed by atoms with Crippen molar-refractivity contribution >= 4 is 22.6 Å². The van der Waals surface area contributed by atoms with Gasteiger partial charge in [-0.05, 0) is 36.6 Å². The van der Waals surface area contributed by atoms with Gasteiger partial charge in [0.2, 0.25) is 0 Å². The SMILES string of the molecule is CSC(=Nc1ccccc1C1CC1)NC#N. The van der Waals surface area contributed by atoms with Crippen LogP contribution >= 0.6 is 11.8 Å². The van der Waals surface area contributed by atoms with Gasteiger partial charge in [0.05, 0.1) is 5.69 Å². The highest BCUT2D eigenvalue weighted by atomic mass is 32.2. The first-order valence-corrected chi connectivity index (χ1v) is 6.44. The van der Waals surface area contributed by atoms with E-state index in [0.717, 1.165) is 5.69 Å². The summed E-state index contributed by atoms with van der Waals surface area (Å²) in [6.07, 6.45) is 6.32. The van der Waals surface area contributed by atoms with Crippen LogP contribution in [0, 0.1) is 11.5 Å². The number of rotatable bonds is 2. The Morgan fingerprint density at radius 2 is 2.25 bits per heavy atom. The van der Waals surface area contributed by atoms with Crippen molar-refractivity contribution in [3.63, 3.8) is 0 Å². The zero-order valence-corrected chi connectivity index (χ0v) is 9.92. The van der Waals surface area contributed by atoms with Gasteiger partial charge in [-0.1, -0.05) is 30.0 Å². The second-order valence-corrected chi connectivity index (χ2v) is 4.49. The molecule has 1 aliphatic carbocycles. The summed E-state index contributed by atoms with van der Waals surface area (Å²) < 4.78 is 0. The minimum Gasteiger partial charge on any atom is -0.271 e. The van der Waals surface area contributed by atoms with Crippen molar-refractivity contribution in [3.05, 3.63) is 29.8 Å². The number of thioether (sulfide) groups is 1. The summed E-state index contributed by atoms with van der Waals surface area (Å²) in [6, 6.07) is 8.15. The molecule has 16 heavy (non-hydrogen) atoms. The number of hydrogen-bond donors (Lipinski definition) is 1. The summed E-state index contributed by atoms with van der Waals surface area (Å²) in [7, 11) is 0. The molecule has 1 aromatic rings. The van der Waals surface area contributed by atoms with Crippen LogP contribution in [0.5, 0.6) is 0 Å². The van der Waals surface area contributed by atoms with Crippen molar-refractivity contribution in [3.8, 4) is 6.19 Å². The molecule has 1 fully saturated rings. The first kappa shape index (κ1) is 11.0. The van der Waals surface area contributed by atoms with Crippen molar-refractivity contribution in [2.75, 3.05) is 6.26 Å². The Balaban J connectivity index is 2.28. The van der Waals surface area contributed by atoms with Crippen LogP contribution in [0.2, 0.25) is 0 Å². The van der Waals surface area contributed by atoms with E-state index >= 15 is 0 Å². The number of para-hydroxylation sites is 1. The number of aliphatic imine (C=N–C) groups is 1. The quantitative estimate of drug-likeness (QED) is 0.368. The number of nitrogens with zero attached hydrogens (tertiary/aromatic N) is 2. The van der Waals surface area contributed by atoms with E-state index in [0.29, 0.717) is 11.1 Å². The highest BCUT2D eigenvalue weighted by Crippen LogP contribution is 2.44. The fourth-order valence-electron chi connectivity index (χ4n) is 1.61. The number of amidine groups is 1. The third kappa shape index (κ3) is 2.56. The lowest BCUT2D eigenvalue weighted by atomic mass is 10.1. The van der Waals surface area contributed by atoms with E-state index in [4.69, 9.17) is 5.26 Å². The van der Waals surface area contributed by atoms with Crippen LogP contribution in [0.4, 0.5) is 5.69 Å². The average molecular weight is 231 g/mol. The maximum atomic E-state index is 8.58. The molecular weight excluding hydrogens is 218 g/mol. The lowest BCUT2D eigenvalue weighted by Crippen LogP contribution is -2.12. The van der Waals surface area contributed by atoms with Gasteiger partial charge in [0.25, 0.3) is 0 Å². The Labute approximate surface area is 99.6 Å². The van der Waals surface area contributed by atoms with E-state index in [2.05, 4.69) is 16.4 Å². The Morgan fingerprint density at radius 3 is 2.88 bits per heavy atom. The molecule has 0 saturated heterocycles. The van der Waals surface area contributed by atoms with Gasteiger partial charge < -0.3 is 0 Å². The maximum Gasteiger partial charge on any atom is 0.183 e. The highest BCUT2D eigenvalue weighted by Gasteiger charge is 2.25. The molecule has 3 nitrogen and oxygen atoms in total. The van der Waals surface area contributed by atoms with Gasteiger partial charge in [-0.25, -0.2) is 4.99 Å². The third-order valence-corrected chi connectivity index (χ3v) is 3.11. The largest absolute Gasteiger partial charge is 0.271 e. The second-order valence-electron chi connectivity index (χ2n) is 3.69. The normalized spacial score (nSPS) is 15.6. The molecule has 1 aromatic carbocycles. The highest BCUT2D eigenvalue weighted by molar-refractivity contribution is 8.13. The van der Waals surface area contributed by atoms with Crippen LogP contribution in [-0.2, 0) is 0 Å². The zero-order valence-electron chi connectivity index (χ0n) is 9.10. The van der Waals surface area contributed by atoms with Gasteiger partial charge in [0, 0.05) is 0 Å². The van der Waals surface area contributed by atoms with Crippen molar-refractivity contribution in [2.45, 2.75) is 18.8 Å². The smallest absolute Gasteiger partial charge is 0.183 e. The molecule has 1 aliphatic rings. The molecule has 0 aromatic heterocycles. The van der Waals surface area contributed by atoms with Crippen molar-refractivity contribution < 1.29 is 0 Å². The number of nitrogens with one attached hydrogen (secondary N) is 1. The van der Waals surface area contributed by atoms with Gasteiger partial charge in [0.1, 0.15) is 0 Å². The third-order valence-electron chi connectivity index (χ3n) is 2.53. The molecule has 82 valence electrons. The van der Waals surface area contributed by atoms with E-state index in [-0.39, 0.29) is 0 Å². The molecule has 0 heterocycles. The fraction of sp³-hybridized carbons (Fsp3) is 0.333. The van der Waals surface area contributed by atoms with Crippen LogP contribution in [0.1, 0.15) is 24.3 Å². The molecule has 0 spiro atoms. The molecule has 1 saturated carbocycles. The van der Waals surface area contributed by atoms with Crippen LogP contribution in [-0.4, -0.2) is 11.4 Å². The van der Waals surface area contributed by atoms with E-state index in [1.165, 1.54) is 30.2 Å². The summed E-state index contributed by atoms with van der Waals surface area (Å²) in [5.41, 5.74) is 2.28. The molecule has 2 rings (SSSR count). The molecule has 0 unspecified atom stereocenters. The summed E-state index contributed by atoms with van der Waals surface area (Å²) in [5, 5.41) is 11.8. The molecule has 4 heteroatoms. The van der Waals surface area contributed by atoms with Crippen molar-refractivity contribution in [1.29, 1.82) is 5.26 Å².